The number of piperidine rings is 1. The van der Waals surface area contributed by atoms with Crippen LogP contribution in [0.1, 0.15) is 32.7 Å². The Bertz CT molecular complexity index is 2000. The van der Waals surface area contributed by atoms with Crippen LogP contribution < -0.4 is 5.32 Å². The van der Waals surface area contributed by atoms with E-state index in [0.29, 0.717) is 47.7 Å². The van der Waals surface area contributed by atoms with Crippen LogP contribution in [0.3, 0.4) is 0 Å². The van der Waals surface area contributed by atoms with Crippen molar-refractivity contribution in [1.82, 2.24) is 24.5 Å². The number of pyridine rings is 2. The van der Waals surface area contributed by atoms with Crippen molar-refractivity contribution in [3.05, 3.63) is 137 Å². The lowest BCUT2D eigenvalue weighted by Crippen LogP contribution is -2.45. The van der Waals surface area contributed by atoms with E-state index in [4.69, 9.17) is 0 Å². The summed E-state index contributed by atoms with van der Waals surface area (Å²) in [5.74, 6) is 0.0409. The first-order valence-corrected chi connectivity index (χ1v) is 16.4. The number of rotatable bonds is 8. The standard InChI is InChI=1S/C35H30N6O4S/c1-23-17-27(13-16-38-23)35(26-11-14-37-15-12-26)34(43)41(33(39-35)18-32(42)25-9-7-24(19-36)8-10-25)22-31-29-20-40(21-30(29)31)46(44,45)28-5-3-2-4-6-28/h2-18,29-31,39H,20-22H2,1H3/t29-,30+,31-,35?. The molecule has 0 spiro atoms. The van der Waals surface area contributed by atoms with Crippen molar-refractivity contribution in [2.75, 3.05) is 19.6 Å². The first-order chi connectivity index (χ1) is 22.2. The fourth-order valence-corrected chi connectivity index (χ4v) is 8.34. The molecule has 10 nitrogen and oxygen atoms in total. The van der Waals surface area contributed by atoms with Crippen LogP contribution in [-0.4, -0.2) is 58.9 Å². The molecule has 2 aliphatic heterocycles. The van der Waals surface area contributed by atoms with Gasteiger partial charge in [-0.1, -0.05) is 18.2 Å². The van der Waals surface area contributed by atoms with Gasteiger partial charge in [-0.25, -0.2) is 8.42 Å². The SMILES string of the molecule is Cc1cc(C2(c3ccncc3)NC(=CC(=O)c3ccc(C#N)cc3)N(C[C@H]3[C@H]4CN(S(=O)(=O)c5ccccc5)C[C@@H]34)C2=O)ccn1. The van der Waals surface area contributed by atoms with Crippen molar-refractivity contribution >= 4 is 21.7 Å². The van der Waals surface area contributed by atoms with Gasteiger partial charge in [-0.3, -0.25) is 24.5 Å². The number of benzene rings is 2. The lowest BCUT2D eigenvalue weighted by molar-refractivity contribution is -0.131. The van der Waals surface area contributed by atoms with E-state index < -0.39 is 15.6 Å². The van der Waals surface area contributed by atoms with Gasteiger partial charge in [-0.15, -0.1) is 0 Å². The van der Waals surface area contributed by atoms with Crippen molar-refractivity contribution in [3.8, 4) is 6.07 Å². The van der Waals surface area contributed by atoms with Gasteiger partial charge < -0.3 is 5.32 Å². The van der Waals surface area contributed by atoms with Crippen LogP contribution in [0.4, 0.5) is 0 Å². The van der Waals surface area contributed by atoms with E-state index >= 15 is 0 Å². The summed E-state index contributed by atoms with van der Waals surface area (Å²) < 4.78 is 28.0. The van der Waals surface area contributed by atoms with E-state index in [9.17, 15) is 23.3 Å². The number of nitrogens with zero attached hydrogens (tertiary/aromatic N) is 5. The fraction of sp³-hybridized carbons (Fsp3) is 0.229. The van der Waals surface area contributed by atoms with E-state index in [2.05, 4.69) is 21.4 Å². The highest BCUT2D eigenvalue weighted by molar-refractivity contribution is 7.89. The highest BCUT2D eigenvalue weighted by Gasteiger charge is 2.61. The highest BCUT2D eigenvalue weighted by atomic mass is 32.2. The Balaban J connectivity index is 1.23. The van der Waals surface area contributed by atoms with Crippen molar-refractivity contribution in [2.24, 2.45) is 17.8 Å². The number of aryl methyl sites for hydroxylation is 1. The monoisotopic (exact) mass is 630 g/mol. The third kappa shape index (κ3) is 4.96. The molecule has 1 unspecified atom stereocenters. The van der Waals surface area contributed by atoms with Crippen molar-refractivity contribution in [2.45, 2.75) is 17.4 Å². The zero-order chi connectivity index (χ0) is 32.1. The lowest BCUT2D eigenvalue weighted by Gasteiger charge is -2.28. The van der Waals surface area contributed by atoms with Gasteiger partial charge in [0.05, 0.1) is 16.5 Å². The smallest absolute Gasteiger partial charge is 0.263 e. The first kappa shape index (κ1) is 29.5. The molecule has 2 aromatic carbocycles. The minimum Gasteiger partial charge on any atom is -0.350 e. The predicted molar refractivity (Wildman–Crippen MR) is 168 cm³/mol. The molecule has 3 aliphatic rings. The number of allylic oxidation sites excluding steroid dienone is 1. The Kier molecular flexibility index (Phi) is 7.26. The molecule has 1 amide bonds. The fourth-order valence-electron chi connectivity index (χ4n) is 6.81. The maximum atomic E-state index is 14.8. The molecule has 4 atom stereocenters. The van der Waals surface area contributed by atoms with Gasteiger partial charge in [0.15, 0.2) is 11.3 Å². The third-order valence-corrected chi connectivity index (χ3v) is 11.1. The second-order valence-corrected chi connectivity index (χ2v) is 13.9. The zero-order valence-electron chi connectivity index (χ0n) is 24.9. The van der Waals surface area contributed by atoms with Crippen LogP contribution in [-0.2, 0) is 20.4 Å². The van der Waals surface area contributed by atoms with E-state index in [-0.39, 0.29) is 34.3 Å². The first-order valence-electron chi connectivity index (χ1n) is 15.0. The molecule has 4 heterocycles. The van der Waals surface area contributed by atoms with E-state index in [1.165, 1.54) is 10.4 Å². The van der Waals surface area contributed by atoms with Crippen molar-refractivity contribution < 1.29 is 18.0 Å². The van der Waals surface area contributed by atoms with E-state index in [0.717, 1.165) is 5.69 Å². The average Bonchev–Trinajstić information content (AvgIpc) is 3.37. The summed E-state index contributed by atoms with van der Waals surface area (Å²) in [7, 11) is -3.61. The summed E-state index contributed by atoms with van der Waals surface area (Å²) in [5.41, 5.74) is 1.54. The van der Waals surface area contributed by atoms with Gasteiger partial charge in [0, 0.05) is 55.6 Å². The Morgan fingerprint density at radius 2 is 1.67 bits per heavy atom. The van der Waals surface area contributed by atoms with Crippen LogP contribution in [0.5, 0.6) is 0 Å². The van der Waals surface area contributed by atoms with E-state index in [1.54, 1.807) is 96.3 Å². The number of amides is 1. The Hall–Kier alpha value is -5.18. The quantitative estimate of drug-likeness (QED) is 0.230. The summed E-state index contributed by atoms with van der Waals surface area (Å²) in [5, 5.41) is 12.6. The maximum absolute atomic E-state index is 14.8. The van der Waals surface area contributed by atoms with Crippen molar-refractivity contribution in [3.63, 3.8) is 0 Å². The molecule has 3 fully saturated rings. The summed E-state index contributed by atoms with van der Waals surface area (Å²) >= 11 is 0. The molecule has 7 rings (SSSR count). The molecule has 0 bridgehead atoms. The molecule has 1 N–H and O–H groups in total. The maximum Gasteiger partial charge on any atom is 0.263 e. The van der Waals surface area contributed by atoms with E-state index in [1.807, 2.05) is 13.0 Å². The van der Waals surface area contributed by atoms with Gasteiger partial charge in [-0.2, -0.15) is 9.57 Å². The number of hydrogen-bond donors (Lipinski definition) is 1. The molecule has 2 aromatic heterocycles. The van der Waals surface area contributed by atoms with Gasteiger partial charge in [0.25, 0.3) is 5.91 Å². The Morgan fingerprint density at radius 3 is 2.33 bits per heavy atom. The molecule has 1 saturated carbocycles. The minimum absolute atomic E-state index is 0.0637. The number of aromatic nitrogens is 2. The normalized spacial score (nSPS) is 24.8. The summed E-state index contributed by atoms with van der Waals surface area (Å²) in [4.78, 5) is 38.7. The molecular weight excluding hydrogens is 600 g/mol. The number of carbonyl (C=O) groups excluding carboxylic acids is 2. The second kappa shape index (κ2) is 11.3. The Labute approximate surface area is 267 Å². The van der Waals surface area contributed by atoms with Gasteiger partial charge in [0.1, 0.15) is 5.82 Å². The number of hydrogen-bond acceptors (Lipinski definition) is 8. The molecule has 4 aromatic rings. The lowest BCUT2D eigenvalue weighted by atomic mass is 9.83. The molecule has 1 aliphatic carbocycles. The van der Waals surface area contributed by atoms with Crippen molar-refractivity contribution in [1.29, 1.82) is 5.26 Å². The summed E-state index contributed by atoms with van der Waals surface area (Å²) in [6.45, 7) is 2.94. The Morgan fingerprint density at radius 1 is 1.00 bits per heavy atom. The molecule has 11 heteroatoms. The predicted octanol–water partition coefficient (Wildman–Crippen LogP) is 3.62. The third-order valence-electron chi connectivity index (χ3n) is 9.29. The molecule has 2 saturated heterocycles. The van der Waals surface area contributed by atoms with Gasteiger partial charge in [-0.05, 0) is 96.5 Å². The highest BCUT2D eigenvalue weighted by Crippen LogP contribution is 2.54. The van der Waals surface area contributed by atoms with Crippen LogP contribution in [0.25, 0.3) is 0 Å². The molecule has 0 radical (unpaired) electrons. The zero-order valence-corrected chi connectivity index (χ0v) is 25.8. The van der Waals surface area contributed by atoms with Crippen LogP contribution in [0.15, 0.2) is 114 Å². The largest absolute Gasteiger partial charge is 0.350 e. The topological polar surface area (TPSA) is 136 Å². The number of carbonyl (C=O) groups is 2. The number of nitrogens with one attached hydrogen (secondary N) is 1. The summed E-state index contributed by atoms with van der Waals surface area (Å²) in [6.07, 6.45) is 6.34. The second-order valence-electron chi connectivity index (χ2n) is 11.9. The average molecular weight is 631 g/mol. The van der Waals surface area contributed by atoms with Crippen LogP contribution >= 0.6 is 0 Å². The molecule has 46 heavy (non-hydrogen) atoms. The van der Waals surface area contributed by atoms with Gasteiger partial charge >= 0.3 is 0 Å². The summed E-state index contributed by atoms with van der Waals surface area (Å²) in [6, 6.07) is 24.0. The molecule has 230 valence electrons. The molecular formula is C35H30N6O4S. The van der Waals surface area contributed by atoms with Crippen LogP contribution in [0, 0.1) is 36.0 Å². The number of sulfonamides is 1. The number of ketones is 1. The number of fused-ring (bicyclic) bond motifs is 1. The minimum atomic E-state index is -3.61. The van der Waals surface area contributed by atoms with Crippen LogP contribution in [0.2, 0.25) is 0 Å². The number of nitriles is 1. The van der Waals surface area contributed by atoms with Gasteiger partial charge in [0.2, 0.25) is 10.0 Å².